The van der Waals surface area contributed by atoms with Crippen LogP contribution < -0.4 is 5.32 Å². The van der Waals surface area contributed by atoms with Gasteiger partial charge < -0.3 is 5.32 Å². The van der Waals surface area contributed by atoms with Crippen molar-refractivity contribution in [2.45, 2.75) is 25.9 Å². The van der Waals surface area contributed by atoms with E-state index >= 15 is 0 Å². The molecule has 2 rings (SSSR count). The van der Waals surface area contributed by atoms with Crippen molar-refractivity contribution < 1.29 is 4.39 Å². The summed E-state index contributed by atoms with van der Waals surface area (Å²) in [7, 11) is 0. The smallest absolute Gasteiger partial charge is 0.123 e. The van der Waals surface area contributed by atoms with Crippen molar-refractivity contribution in [2.24, 2.45) is 0 Å². The minimum atomic E-state index is -0.187. The maximum Gasteiger partial charge on any atom is 0.123 e. The minimum Gasteiger partial charge on any atom is -0.303 e. The normalized spacial score (nSPS) is 14.4. The number of hydrogen-bond acceptors (Lipinski definition) is 2. The Kier molecular flexibility index (Phi) is 4.54. The fourth-order valence-electron chi connectivity index (χ4n) is 1.89. The topological polar surface area (TPSA) is 12.0 Å². The van der Waals surface area contributed by atoms with E-state index in [1.165, 1.54) is 10.9 Å². The van der Waals surface area contributed by atoms with Gasteiger partial charge in [-0.15, -0.1) is 11.3 Å². The second-order valence-electron chi connectivity index (χ2n) is 4.31. The van der Waals surface area contributed by atoms with Crippen molar-refractivity contribution in [3.8, 4) is 0 Å². The second kappa shape index (κ2) is 5.95. The molecule has 0 amide bonds. The van der Waals surface area contributed by atoms with Crippen molar-refractivity contribution in [1.29, 1.82) is 0 Å². The zero-order chi connectivity index (χ0) is 13.1. The molecule has 18 heavy (non-hydrogen) atoms. The van der Waals surface area contributed by atoms with Gasteiger partial charge in [-0.3, -0.25) is 0 Å². The lowest BCUT2D eigenvalue weighted by Crippen LogP contribution is -2.21. The molecule has 0 fully saturated rings. The zero-order valence-corrected chi connectivity index (χ0v) is 12.7. The van der Waals surface area contributed by atoms with Crippen molar-refractivity contribution in [3.63, 3.8) is 0 Å². The van der Waals surface area contributed by atoms with E-state index in [2.05, 4.69) is 34.2 Å². The molecule has 2 atom stereocenters. The van der Waals surface area contributed by atoms with Gasteiger partial charge in [-0.1, -0.05) is 12.1 Å². The van der Waals surface area contributed by atoms with Gasteiger partial charge in [-0.2, -0.15) is 0 Å². The second-order valence-corrected chi connectivity index (χ2v) is 6.80. The first-order chi connectivity index (χ1) is 8.56. The Balaban J connectivity index is 2.05. The van der Waals surface area contributed by atoms with Crippen LogP contribution in [0.25, 0.3) is 0 Å². The molecule has 0 bridgehead atoms. The summed E-state index contributed by atoms with van der Waals surface area (Å²) < 4.78 is 14.3. The molecule has 1 aromatic carbocycles. The van der Waals surface area contributed by atoms with Crippen LogP contribution in [0.1, 0.15) is 36.4 Å². The van der Waals surface area contributed by atoms with Crippen LogP contribution in [0.2, 0.25) is 0 Å². The number of rotatable bonds is 4. The molecular formula is C14H15BrFNS. The molecule has 0 radical (unpaired) electrons. The Morgan fingerprint density at radius 1 is 1.17 bits per heavy atom. The maximum atomic E-state index is 13.2. The molecule has 96 valence electrons. The average Bonchev–Trinajstić information content (AvgIpc) is 2.76. The third-order valence-electron chi connectivity index (χ3n) is 2.87. The van der Waals surface area contributed by atoms with Crippen LogP contribution in [-0.2, 0) is 0 Å². The van der Waals surface area contributed by atoms with E-state index in [1.54, 1.807) is 23.5 Å². The molecular weight excluding hydrogens is 313 g/mol. The van der Waals surface area contributed by atoms with E-state index in [9.17, 15) is 4.39 Å². The molecule has 0 saturated heterocycles. The van der Waals surface area contributed by atoms with Crippen molar-refractivity contribution in [3.05, 3.63) is 56.4 Å². The minimum absolute atomic E-state index is 0.122. The van der Waals surface area contributed by atoms with Crippen LogP contribution in [0.3, 0.4) is 0 Å². The van der Waals surface area contributed by atoms with Crippen molar-refractivity contribution in [1.82, 2.24) is 5.32 Å². The Bertz CT molecular complexity index is 526. The summed E-state index contributed by atoms with van der Waals surface area (Å²) in [4.78, 5) is 1.27. The van der Waals surface area contributed by atoms with Gasteiger partial charge in [0.15, 0.2) is 0 Å². The first kappa shape index (κ1) is 13.7. The van der Waals surface area contributed by atoms with Gasteiger partial charge in [-0.25, -0.2) is 4.39 Å². The molecule has 2 aromatic rings. The summed E-state index contributed by atoms with van der Waals surface area (Å²) in [6.45, 7) is 4.17. The third-order valence-corrected chi connectivity index (χ3v) is 4.68. The molecule has 1 unspecified atom stereocenters. The Hall–Kier alpha value is -0.710. The third kappa shape index (κ3) is 3.40. The molecule has 0 saturated carbocycles. The van der Waals surface area contributed by atoms with Gasteiger partial charge in [0.2, 0.25) is 0 Å². The summed E-state index contributed by atoms with van der Waals surface area (Å²) in [5.41, 5.74) is 0.970. The number of benzene rings is 1. The van der Waals surface area contributed by atoms with E-state index in [1.807, 2.05) is 19.1 Å². The Morgan fingerprint density at radius 2 is 1.94 bits per heavy atom. The fourth-order valence-corrected chi connectivity index (χ4v) is 3.33. The van der Waals surface area contributed by atoms with Gasteiger partial charge >= 0.3 is 0 Å². The van der Waals surface area contributed by atoms with E-state index in [0.29, 0.717) is 0 Å². The Morgan fingerprint density at radius 3 is 2.56 bits per heavy atom. The molecule has 1 aromatic heterocycles. The van der Waals surface area contributed by atoms with Gasteiger partial charge in [0.1, 0.15) is 5.82 Å². The fraction of sp³-hybridized carbons (Fsp3) is 0.286. The van der Waals surface area contributed by atoms with E-state index in [-0.39, 0.29) is 17.9 Å². The number of hydrogen-bond donors (Lipinski definition) is 1. The largest absolute Gasteiger partial charge is 0.303 e. The molecule has 0 spiro atoms. The van der Waals surface area contributed by atoms with Crippen LogP contribution in [0.4, 0.5) is 4.39 Å². The van der Waals surface area contributed by atoms with E-state index < -0.39 is 0 Å². The van der Waals surface area contributed by atoms with Gasteiger partial charge in [-0.05, 0) is 59.6 Å². The lowest BCUT2D eigenvalue weighted by atomic mass is 10.1. The molecule has 4 heteroatoms. The SMILES string of the molecule is CC(N[C@H](C)c1cccc(F)c1)c1ccc(Br)s1. The quantitative estimate of drug-likeness (QED) is 0.827. The predicted octanol–water partition coefficient (Wildman–Crippen LogP) is 5.06. The van der Waals surface area contributed by atoms with Crippen LogP contribution in [-0.4, -0.2) is 0 Å². The summed E-state index contributed by atoms with van der Waals surface area (Å²) in [6.07, 6.45) is 0. The highest BCUT2D eigenvalue weighted by Gasteiger charge is 2.13. The van der Waals surface area contributed by atoms with Gasteiger partial charge in [0, 0.05) is 17.0 Å². The number of halogens is 2. The lowest BCUT2D eigenvalue weighted by molar-refractivity contribution is 0.497. The first-order valence-electron chi connectivity index (χ1n) is 5.83. The summed E-state index contributed by atoms with van der Waals surface area (Å²) in [5.74, 6) is -0.187. The van der Waals surface area contributed by atoms with E-state index in [4.69, 9.17) is 0 Å². The highest BCUT2D eigenvalue weighted by atomic mass is 79.9. The molecule has 1 heterocycles. The first-order valence-corrected chi connectivity index (χ1v) is 7.44. The molecule has 0 aliphatic heterocycles. The predicted molar refractivity (Wildman–Crippen MR) is 78.4 cm³/mol. The number of nitrogens with one attached hydrogen (secondary N) is 1. The van der Waals surface area contributed by atoms with Crippen molar-refractivity contribution in [2.75, 3.05) is 0 Å². The highest BCUT2D eigenvalue weighted by molar-refractivity contribution is 9.11. The van der Waals surface area contributed by atoms with E-state index in [0.717, 1.165) is 9.35 Å². The summed E-state index contributed by atoms with van der Waals surface area (Å²) in [6, 6.07) is 11.3. The molecule has 1 nitrogen and oxygen atoms in total. The standard InChI is InChI=1S/C14H15BrFNS/c1-9(11-4-3-5-12(16)8-11)17-10(2)13-6-7-14(15)18-13/h3-10,17H,1-2H3/t9-,10?/m1/s1. The number of thiophene rings is 1. The van der Waals surface area contributed by atoms with Gasteiger partial charge in [0.25, 0.3) is 0 Å². The molecule has 0 aliphatic carbocycles. The lowest BCUT2D eigenvalue weighted by Gasteiger charge is -2.19. The van der Waals surface area contributed by atoms with Crippen LogP contribution in [0.15, 0.2) is 40.2 Å². The zero-order valence-electron chi connectivity index (χ0n) is 10.3. The highest BCUT2D eigenvalue weighted by Crippen LogP contribution is 2.28. The van der Waals surface area contributed by atoms with Crippen LogP contribution >= 0.6 is 27.3 Å². The molecule has 0 aliphatic rings. The monoisotopic (exact) mass is 327 g/mol. The van der Waals surface area contributed by atoms with Crippen LogP contribution in [0.5, 0.6) is 0 Å². The molecule has 1 N–H and O–H groups in total. The summed E-state index contributed by atoms with van der Waals surface area (Å²) in [5, 5.41) is 3.48. The maximum absolute atomic E-state index is 13.2. The summed E-state index contributed by atoms with van der Waals surface area (Å²) >= 11 is 5.18. The average molecular weight is 328 g/mol. The van der Waals surface area contributed by atoms with Crippen LogP contribution in [0, 0.1) is 5.82 Å². The Labute approximate surface area is 119 Å². The van der Waals surface area contributed by atoms with Crippen molar-refractivity contribution >= 4 is 27.3 Å². The van der Waals surface area contributed by atoms with Gasteiger partial charge in [0.05, 0.1) is 3.79 Å².